The summed E-state index contributed by atoms with van der Waals surface area (Å²) in [7, 11) is -2.80. The summed E-state index contributed by atoms with van der Waals surface area (Å²) in [5.74, 6) is 0.311. The molecule has 0 unspecified atom stereocenters. The van der Waals surface area contributed by atoms with E-state index < -0.39 is 10.0 Å². The fourth-order valence-electron chi connectivity index (χ4n) is 4.09. The molecule has 0 amide bonds. The van der Waals surface area contributed by atoms with Crippen LogP contribution in [0.15, 0.2) is 90.5 Å². The van der Waals surface area contributed by atoms with Crippen LogP contribution in [0.3, 0.4) is 0 Å². The first-order chi connectivity index (χ1) is 18.3. The number of halogens is 1. The van der Waals surface area contributed by atoms with Gasteiger partial charge in [-0.2, -0.15) is 5.26 Å². The van der Waals surface area contributed by atoms with Gasteiger partial charge in [-0.05, 0) is 59.8 Å². The topological polar surface area (TPSA) is 109 Å². The Labute approximate surface area is 224 Å². The highest BCUT2D eigenvalue weighted by molar-refractivity contribution is 7.93. The maximum absolute atomic E-state index is 14.2. The summed E-state index contributed by atoms with van der Waals surface area (Å²) in [6.45, 7) is 1.88. The van der Waals surface area contributed by atoms with Gasteiger partial charge in [-0.3, -0.25) is 4.98 Å². The van der Waals surface area contributed by atoms with Crippen molar-refractivity contribution >= 4 is 43.9 Å². The number of nitriles is 1. The second-order valence-electron chi connectivity index (χ2n) is 8.37. The van der Waals surface area contributed by atoms with Gasteiger partial charge in [-0.25, -0.2) is 22.7 Å². The monoisotopic (exact) mass is 541 g/mol. The van der Waals surface area contributed by atoms with Gasteiger partial charge in [-0.1, -0.05) is 29.8 Å². The van der Waals surface area contributed by atoms with Crippen LogP contribution in [0.1, 0.15) is 11.1 Å². The number of sulfonamides is 1. The summed E-state index contributed by atoms with van der Waals surface area (Å²) in [6, 6.07) is 18.7. The number of hydrogen-bond acceptors (Lipinski definition) is 7. The average molecular weight is 542 g/mol. The molecule has 0 aliphatic heterocycles. The van der Waals surface area contributed by atoms with Gasteiger partial charge in [0, 0.05) is 40.6 Å². The lowest BCUT2D eigenvalue weighted by molar-refractivity contribution is 0.416. The van der Waals surface area contributed by atoms with Crippen LogP contribution in [-0.4, -0.2) is 30.5 Å². The van der Waals surface area contributed by atoms with E-state index in [2.05, 4.69) is 21.0 Å². The molecule has 8 nitrogen and oxygen atoms in total. The van der Waals surface area contributed by atoms with E-state index in [1.54, 1.807) is 42.7 Å². The standard InChI is InChI=1S/C28H20ClN5O3S/c1-18-3-4-20(12-25(18)29)24-14-27(37-2)26(13-22(24)15-30)34(28-8-10-32-17-33-28)38(35,36)23-6-5-21-16-31-9-7-19(21)11-23/h3-14,16-17H,1-2H3. The predicted octanol–water partition coefficient (Wildman–Crippen LogP) is 6.06. The Balaban J connectivity index is 1.75. The van der Waals surface area contributed by atoms with Gasteiger partial charge in [0.25, 0.3) is 10.0 Å². The summed E-state index contributed by atoms with van der Waals surface area (Å²) in [6.07, 6.45) is 5.95. The van der Waals surface area contributed by atoms with E-state index in [4.69, 9.17) is 16.3 Å². The van der Waals surface area contributed by atoms with E-state index >= 15 is 0 Å². The minimum atomic E-state index is -4.23. The zero-order valence-corrected chi connectivity index (χ0v) is 21.9. The predicted molar refractivity (Wildman–Crippen MR) is 146 cm³/mol. The molecule has 38 heavy (non-hydrogen) atoms. The second kappa shape index (κ2) is 10.1. The van der Waals surface area contributed by atoms with Crippen LogP contribution in [0.25, 0.3) is 21.9 Å². The zero-order chi connectivity index (χ0) is 26.9. The molecule has 0 aliphatic carbocycles. The summed E-state index contributed by atoms with van der Waals surface area (Å²) in [5, 5.41) is 12.1. The first kappa shape index (κ1) is 25.1. The number of nitrogens with zero attached hydrogens (tertiary/aromatic N) is 5. The molecule has 0 saturated carbocycles. The molecule has 0 saturated heterocycles. The van der Waals surface area contributed by atoms with Crippen molar-refractivity contribution in [1.82, 2.24) is 15.0 Å². The third-order valence-electron chi connectivity index (χ3n) is 6.07. The van der Waals surface area contributed by atoms with Crippen LogP contribution in [-0.2, 0) is 10.0 Å². The maximum atomic E-state index is 14.2. The van der Waals surface area contributed by atoms with Crippen molar-refractivity contribution in [3.05, 3.63) is 102 Å². The molecule has 0 atom stereocenters. The first-order valence-electron chi connectivity index (χ1n) is 11.4. The van der Waals surface area contributed by atoms with E-state index in [-0.39, 0.29) is 27.7 Å². The molecule has 0 aliphatic rings. The molecule has 0 fully saturated rings. The summed E-state index contributed by atoms with van der Waals surface area (Å²) >= 11 is 6.34. The fraction of sp³-hybridized carbons (Fsp3) is 0.0714. The summed E-state index contributed by atoms with van der Waals surface area (Å²) in [5.41, 5.74) is 2.50. The Morgan fingerprint density at radius 3 is 2.50 bits per heavy atom. The number of hydrogen-bond donors (Lipinski definition) is 0. The van der Waals surface area contributed by atoms with Crippen LogP contribution < -0.4 is 9.04 Å². The second-order valence-corrected chi connectivity index (χ2v) is 10.6. The molecular formula is C28H20ClN5O3S. The maximum Gasteiger partial charge on any atom is 0.270 e. The molecular weight excluding hydrogens is 522 g/mol. The number of anilines is 2. The number of fused-ring (bicyclic) bond motifs is 1. The van der Waals surface area contributed by atoms with E-state index in [0.29, 0.717) is 21.5 Å². The highest BCUT2D eigenvalue weighted by atomic mass is 35.5. The van der Waals surface area contributed by atoms with Gasteiger partial charge in [0.1, 0.15) is 17.8 Å². The van der Waals surface area contributed by atoms with Crippen molar-refractivity contribution in [3.8, 4) is 22.9 Å². The van der Waals surface area contributed by atoms with E-state index in [1.165, 1.54) is 37.8 Å². The third-order valence-corrected chi connectivity index (χ3v) is 8.19. The van der Waals surface area contributed by atoms with Crippen LogP contribution >= 0.6 is 11.6 Å². The lowest BCUT2D eigenvalue weighted by atomic mass is 9.98. The van der Waals surface area contributed by atoms with E-state index in [9.17, 15) is 13.7 Å². The quantitative estimate of drug-likeness (QED) is 0.257. The summed E-state index contributed by atoms with van der Waals surface area (Å²) < 4.78 is 35.1. The minimum Gasteiger partial charge on any atom is -0.495 e. The van der Waals surface area contributed by atoms with Crippen molar-refractivity contribution in [2.24, 2.45) is 0 Å². The Hall–Kier alpha value is -4.52. The molecule has 5 rings (SSSR count). The third kappa shape index (κ3) is 4.52. The Kier molecular flexibility index (Phi) is 6.68. The molecule has 2 aromatic heterocycles. The number of benzene rings is 3. The molecule has 0 radical (unpaired) electrons. The van der Waals surface area contributed by atoms with Gasteiger partial charge in [0.05, 0.1) is 23.6 Å². The Morgan fingerprint density at radius 1 is 0.974 bits per heavy atom. The molecule has 0 bridgehead atoms. The van der Waals surface area contributed by atoms with Crippen LogP contribution in [0.4, 0.5) is 11.5 Å². The van der Waals surface area contributed by atoms with Crippen molar-refractivity contribution in [2.45, 2.75) is 11.8 Å². The normalized spacial score (nSPS) is 11.2. The lowest BCUT2D eigenvalue weighted by Gasteiger charge is -2.26. The number of aryl methyl sites for hydroxylation is 1. The van der Waals surface area contributed by atoms with Crippen molar-refractivity contribution in [3.63, 3.8) is 0 Å². The zero-order valence-electron chi connectivity index (χ0n) is 20.3. The molecule has 10 heteroatoms. The van der Waals surface area contributed by atoms with Crippen molar-refractivity contribution in [2.75, 3.05) is 11.4 Å². The molecule has 0 N–H and O–H groups in total. The largest absolute Gasteiger partial charge is 0.495 e. The van der Waals surface area contributed by atoms with E-state index in [0.717, 1.165) is 15.3 Å². The number of methoxy groups -OCH3 is 1. The molecule has 3 aromatic carbocycles. The van der Waals surface area contributed by atoms with Gasteiger partial charge >= 0.3 is 0 Å². The molecule has 188 valence electrons. The molecule has 2 heterocycles. The van der Waals surface area contributed by atoms with Crippen molar-refractivity contribution in [1.29, 1.82) is 5.26 Å². The van der Waals surface area contributed by atoms with Crippen LogP contribution in [0.5, 0.6) is 5.75 Å². The van der Waals surface area contributed by atoms with Crippen LogP contribution in [0.2, 0.25) is 5.02 Å². The Morgan fingerprint density at radius 2 is 1.79 bits per heavy atom. The van der Waals surface area contributed by atoms with Gasteiger partial charge in [-0.15, -0.1) is 0 Å². The first-order valence-corrected chi connectivity index (χ1v) is 13.2. The smallest absolute Gasteiger partial charge is 0.270 e. The fourth-order valence-corrected chi connectivity index (χ4v) is 5.75. The molecule has 5 aromatic rings. The highest BCUT2D eigenvalue weighted by Gasteiger charge is 2.31. The summed E-state index contributed by atoms with van der Waals surface area (Å²) in [4.78, 5) is 12.3. The van der Waals surface area contributed by atoms with Gasteiger partial charge in [0.2, 0.25) is 0 Å². The SMILES string of the molecule is COc1cc(-c2ccc(C)c(Cl)c2)c(C#N)cc1N(c1ccncn1)S(=O)(=O)c1ccc2cnccc2c1. The number of ether oxygens (including phenoxy) is 1. The Bertz CT molecular complexity index is 1820. The number of pyridine rings is 1. The highest BCUT2D eigenvalue weighted by Crippen LogP contribution is 2.42. The molecule has 0 spiro atoms. The number of rotatable bonds is 6. The van der Waals surface area contributed by atoms with Gasteiger partial charge < -0.3 is 4.74 Å². The van der Waals surface area contributed by atoms with E-state index in [1.807, 2.05) is 19.1 Å². The van der Waals surface area contributed by atoms with Crippen LogP contribution in [0, 0.1) is 18.3 Å². The lowest BCUT2D eigenvalue weighted by Crippen LogP contribution is -2.27. The van der Waals surface area contributed by atoms with Gasteiger partial charge in [0.15, 0.2) is 5.82 Å². The minimum absolute atomic E-state index is 0.0322. The average Bonchev–Trinajstić information content (AvgIpc) is 2.94. The van der Waals surface area contributed by atoms with Crippen molar-refractivity contribution < 1.29 is 13.2 Å². The number of aromatic nitrogens is 3.